The predicted octanol–water partition coefficient (Wildman–Crippen LogP) is 5.68. The minimum Gasteiger partial charge on any atom is -0.353 e. The third-order valence-electron chi connectivity index (χ3n) is 4.22. The molecular weight excluding hydrogens is 292 g/mol. The van der Waals surface area contributed by atoms with E-state index in [2.05, 4.69) is 29.2 Å². The Kier molecular flexibility index (Phi) is 2.30. The number of benzene rings is 3. The molecule has 0 fully saturated rings. The molecule has 0 aliphatic heterocycles. The zero-order valence-corrected chi connectivity index (χ0v) is 12.4. The predicted molar refractivity (Wildman–Crippen MR) is 93.6 cm³/mol. The van der Waals surface area contributed by atoms with Crippen molar-refractivity contribution in [2.45, 2.75) is 0 Å². The summed E-state index contributed by atoms with van der Waals surface area (Å²) in [5.74, 6) is 0. The molecule has 5 aromatic rings. The summed E-state index contributed by atoms with van der Waals surface area (Å²) in [6, 6.07) is 20.6. The first-order valence-electron chi connectivity index (χ1n) is 7.19. The highest BCUT2D eigenvalue weighted by atomic mass is 35.5. The molecule has 2 aromatic heterocycles. The highest BCUT2D eigenvalue weighted by Gasteiger charge is 2.10. The van der Waals surface area contributed by atoms with E-state index < -0.39 is 0 Å². The van der Waals surface area contributed by atoms with Crippen molar-refractivity contribution in [2.75, 3.05) is 0 Å². The first-order valence-corrected chi connectivity index (χ1v) is 7.57. The molecule has 2 nitrogen and oxygen atoms in total. The van der Waals surface area contributed by atoms with Crippen LogP contribution in [0.25, 0.3) is 43.6 Å². The fraction of sp³-hybridized carbons (Fsp3) is 0. The standard InChI is InChI=1S/C19H11ClN2/c20-13-6-8-17-15(10-13)14-7-5-12-9-11-3-1-2-4-16(11)21-18(12)19(14)22-17/h1-10,22H. The second-order valence-electron chi connectivity index (χ2n) is 5.56. The van der Waals surface area contributed by atoms with Gasteiger partial charge in [0.05, 0.1) is 16.6 Å². The molecule has 104 valence electrons. The van der Waals surface area contributed by atoms with Crippen LogP contribution in [0, 0.1) is 0 Å². The number of aromatic nitrogens is 2. The first kappa shape index (κ1) is 12.0. The summed E-state index contributed by atoms with van der Waals surface area (Å²) in [6.45, 7) is 0. The lowest BCUT2D eigenvalue weighted by molar-refractivity contribution is 1.48. The number of H-pyrrole nitrogens is 1. The van der Waals surface area contributed by atoms with E-state index in [1.807, 2.05) is 36.4 Å². The van der Waals surface area contributed by atoms with Gasteiger partial charge in [-0.15, -0.1) is 0 Å². The minimum absolute atomic E-state index is 0.750. The molecule has 0 radical (unpaired) electrons. The van der Waals surface area contributed by atoms with E-state index in [0.29, 0.717) is 0 Å². The molecule has 0 amide bonds. The number of aromatic amines is 1. The van der Waals surface area contributed by atoms with Crippen LogP contribution in [0.4, 0.5) is 0 Å². The highest BCUT2D eigenvalue weighted by Crippen LogP contribution is 2.32. The van der Waals surface area contributed by atoms with Crippen LogP contribution in [0.2, 0.25) is 5.02 Å². The van der Waals surface area contributed by atoms with Gasteiger partial charge in [-0.25, -0.2) is 4.98 Å². The number of hydrogen-bond acceptors (Lipinski definition) is 1. The van der Waals surface area contributed by atoms with Crippen molar-refractivity contribution in [3.8, 4) is 0 Å². The van der Waals surface area contributed by atoms with Gasteiger partial charge in [0, 0.05) is 32.1 Å². The molecule has 0 saturated heterocycles. The molecule has 5 rings (SSSR count). The Labute approximate surface area is 131 Å². The molecule has 0 spiro atoms. The van der Waals surface area contributed by atoms with E-state index in [9.17, 15) is 0 Å². The van der Waals surface area contributed by atoms with E-state index in [1.54, 1.807) is 0 Å². The Hall–Kier alpha value is -2.58. The minimum atomic E-state index is 0.750. The van der Waals surface area contributed by atoms with Gasteiger partial charge >= 0.3 is 0 Å². The maximum Gasteiger partial charge on any atom is 0.0950 e. The zero-order valence-electron chi connectivity index (χ0n) is 11.6. The van der Waals surface area contributed by atoms with Crippen molar-refractivity contribution in [3.63, 3.8) is 0 Å². The van der Waals surface area contributed by atoms with Crippen molar-refractivity contribution >= 4 is 55.2 Å². The summed E-state index contributed by atoms with van der Waals surface area (Å²) < 4.78 is 0. The maximum absolute atomic E-state index is 6.14. The topological polar surface area (TPSA) is 28.7 Å². The van der Waals surface area contributed by atoms with Crippen LogP contribution in [0.15, 0.2) is 60.7 Å². The van der Waals surface area contributed by atoms with Crippen LogP contribution in [0.5, 0.6) is 0 Å². The van der Waals surface area contributed by atoms with Crippen molar-refractivity contribution in [3.05, 3.63) is 65.7 Å². The van der Waals surface area contributed by atoms with Crippen LogP contribution in [-0.4, -0.2) is 9.97 Å². The Balaban J connectivity index is 2.02. The zero-order chi connectivity index (χ0) is 14.7. The van der Waals surface area contributed by atoms with E-state index in [1.165, 1.54) is 0 Å². The molecule has 3 aromatic carbocycles. The van der Waals surface area contributed by atoms with E-state index in [-0.39, 0.29) is 0 Å². The van der Waals surface area contributed by atoms with Crippen molar-refractivity contribution in [1.82, 2.24) is 9.97 Å². The molecule has 0 atom stereocenters. The number of hydrogen-bond donors (Lipinski definition) is 1. The average Bonchev–Trinajstić information content (AvgIpc) is 2.91. The lowest BCUT2D eigenvalue weighted by atomic mass is 10.1. The number of para-hydroxylation sites is 1. The normalized spacial score (nSPS) is 11.9. The van der Waals surface area contributed by atoms with Gasteiger partial charge < -0.3 is 4.98 Å². The number of nitrogens with one attached hydrogen (secondary N) is 1. The largest absolute Gasteiger partial charge is 0.353 e. The number of fused-ring (bicyclic) bond motifs is 6. The van der Waals surface area contributed by atoms with Gasteiger partial charge in [0.2, 0.25) is 0 Å². The molecule has 3 heteroatoms. The van der Waals surface area contributed by atoms with Crippen LogP contribution in [-0.2, 0) is 0 Å². The van der Waals surface area contributed by atoms with E-state index >= 15 is 0 Å². The lowest BCUT2D eigenvalue weighted by Gasteiger charge is -2.02. The van der Waals surface area contributed by atoms with Crippen LogP contribution < -0.4 is 0 Å². The van der Waals surface area contributed by atoms with Crippen molar-refractivity contribution in [2.24, 2.45) is 0 Å². The monoisotopic (exact) mass is 302 g/mol. The van der Waals surface area contributed by atoms with Gasteiger partial charge in [0.15, 0.2) is 0 Å². The summed E-state index contributed by atoms with van der Waals surface area (Å²) in [7, 11) is 0. The van der Waals surface area contributed by atoms with Gasteiger partial charge in [0.25, 0.3) is 0 Å². The average molecular weight is 303 g/mol. The maximum atomic E-state index is 6.14. The molecule has 0 saturated carbocycles. The molecule has 0 aliphatic carbocycles. The quantitative estimate of drug-likeness (QED) is 0.366. The van der Waals surface area contributed by atoms with Gasteiger partial charge in [-0.05, 0) is 30.3 Å². The number of rotatable bonds is 0. The van der Waals surface area contributed by atoms with Crippen molar-refractivity contribution < 1.29 is 0 Å². The fourth-order valence-electron chi connectivity index (χ4n) is 3.18. The molecule has 1 N–H and O–H groups in total. The number of pyridine rings is 1. The smallest absolute Gasteiger partial charge is 0.0950 e. The third kappa shape index (κ3) is 1.59. The first-order chi connectivity index (χ1) is 10.8. The summed E-state index contributed by atoms with van der Waals surface area (Å²) in [6.07, 6.45) is 0. The number of nitrogens with zero attached hydrogens (tertiary/aromatic N) is 1. The van der Waals surface area contributed by atoms with Gasteiger partial charge in [0.1, 0.15) is 0 Å². The molecule has 0 aliphatic rings. The summed E-state index contributed by atoms with van der Waals surface area (Å²) in [4.78, 5) is 8.35. The molecule has 0 unspecified atom stereocenters. The molecular formula is C19H11ClN2. The molecule has 2 heterocycles. The summed E-state index contributed by atoms with van der Waals surface area (Å²) in [5, 5.41) is 5.35. The third-order valence-corrected chi connectivity index (χ3v) is 4.46. The molecule has 22 heavy (non-hydrogen) atoms. The van der Waals surface area contributed by atoms with Gasteiger partial charge in [-0.2, -0.15) is 0 Å². The van der Waals surface area contributed by atoms with Gasteiger partial charge in [-0.3, -0.25) is 0 Å². The van der Waals surface area contributed by atoms with Crippen molar-refractivity contribution in [1.29, 1.82) is 0 Å². The highest BCUT2D eigenvalue weighted by molar-refractivity contribution is 6.32. The summed E-state index contributed by atoms with van der Waals surface area (Å²) in [5.41, 5.74) is 4.17. The van der Waals surface area contributed by atoms with Crippen LogP contribution in [0.1, 0.15) is 0 Å². The Morgan fingerprint density at radius 2 is 1.73 bits per heavy atom. The van der Waals surface area contributed by atoms with E-state index in [4.69, 9.17) is 16.6 Å². The second kappa shape index (κ2) is 4.21. The number of halogens is 1. The Bertz CT molecular complexity index is 1190. The summed E-state index contributed by atoms with van der Waals surface area (Å²) >= 11 is 6.14. The van der Waals surface area contributed by atoms with E-state index in [0.717, 1.165) is 48.6 Å². The Morgan fingerprint density at radius 1 is 0.818 bits per heavy atom. The van der Waals surface area contributed by atoms with Crippen LogP contribution in [0.3, 0.4) is 0 Å². The van der Waals surface area contributed by atoms with Crippen LogP contribution >= 0.6 is 11.6 Å². The SMILES string of the molecule is Clc1ccc2[nH]c3c(ccc4cc5ccccc5nc43)c2c1. The molecule has 0 bridgehead atoms. The Morgan fingerprint density at radius 3 is 2.68 bits per heavy atom. The lowest BCUT2D eigenvalue weighted by Crippen LogP contribution is -1.83. The van der Waals surface area contributed by atoms with Gasteiger partial charge in [-0.1, -0.05) is 41.9 Å². The fourth-order valence-corrected chi connectivity index (χ4v) is 3.35. The second-order valence-corrected chi connectivity index (χ2v) is 5.99.